The average Bonchev–Trinajstić information content (AvgIpc) is 2.40. The van der Waals surface area contributed by atoms with E-state index in [9.17, 15) is 0 Å². The Morgan fingerprint density at radius 1 is 1.05 bits per heavy atom. The minimum atomic E-state index is -0.0208. The van der Waals surface area contributed by atoms with Gasteiger partial charge in [0.15, 0.2) is 0 Å². The van der Waals surface area contributed by atoms with Crippen LogP contribution in [0.4, 0.5) is 5.69 Å². The van der Waals surface area contributed by atoms with E-state index in [2.05, 4.69) is 11.4 Å². The van der Waals surface area contributed by atoms with Crippen LogP contribution in [0.25, 0.3) is 0 Å². The summed E-state index contributed by atoms with van der Waals surface area (Å²) in [6, 6.07) is 12.6. The fraction of sp³-hybridized carbons (Fsp3) is 0.133. The summed E-state index contributed by atoms with van der Waals surface area (Å²) in [6.07, 6.45) is 0. The molecule has 1 N–H and O–H groups in total. The summed E-state index contributed by atoms with van der Waals surface area (Å²) in [5.74, 6) is 0. The topological polar surface area (TPSA) is 35.8 Å². The van der Waals surface area contributed by atoms with Crippen LogP contribution in [0.2, 0.25) is 15.1 Å². The highest BCUT2D eigenvalue weighted by atomic mass is 35.5. The van der Waals surface area contributed by atoms with Crippen LogP contribution in [-0.2, 0) is 0 Å². The summed E-state index contributed by atoms with van der Waals surface area (Å²) in [5, 5.41) is 13.9. The van der Waals surface area contributed by atoms with Gasteiger partial charge in [-0.1, -0.05) is 40.9 Å². The molecule has 0 amide bonds. The summed E-state index contributed by atoms with van der Waals surface area (Å²) in [6.45, 7) is 1.98. The molecule has 0 saturated heterocycles. The Bertz CT molecular complexity index is 677. The monoisotopic (exact) mass is 324 g/mol. The standard InChI is InChI=1S/C15H11Cl3N2/c1-9(13-4-2-11(16)7-15(13)18)20-12-3-5-14(17)10(6-12)8-19/h2-7,9,20H,1H3. The lowest BCUT2D eigenvalue weighted by Gasteiger charge is -2.17. The van der Waals surface area contributed by atoms with E-state index in [1.807, 2.05) is 19.1 Å². The van der Waals surface area contributed by atoms with Crippen molar-refractivity contribution in [1.82, 2.24) is 0 Å². The van der Waals surface area contributed by atoms with Crippen molar-refractivity contribution in [2.75, 3.05) is 5.32 Å². The molecule has 102 valence electrons. The third kappa shape index (κ3) is 3.37. The molecule has 0 aliphatic carbocycles. The number of rotatable bonds is 3. The fourth-order valence-corrected chi connectivity index (χ4v) is 2.61. The van der Waals surface area contributed by atoms with E-state index < -0.39 is 0 Å². The smallest absolute Gasteiger partial charge is 0.101 e. The number of nitrogens with zero attached hydrogens (tertiary/aromatic N) is 1. The molecule has 0 aromatic heterocycles. The van der Waals surface area contributed by atoms with Gasteiger partial charge >= 0.3 is 0 Å². The van der Waals surface area contributed by atoms with E-state index in [1.54, 1.807) is 24.3 Å². The predicted octanol–water partition coefficient (Wildman–Crippen LogP) is 5.69. The first-order valence-corrected chi connectivity index (χ1v) is 7.06. The molecular weight excluding hydrogens is 315 g/mol. The van der Waals surface area contributed by atoms with E-state index in [0.29, 0.717) is 20.6 Å². The zero-order chi connectivity index (χ0) is 14.7. The zero-order valence-corrected chi connectivity index (χ0v) is 12.9. The maximum atomic E-state index is 8.97. The molecule has 1 unspecified atom stereocenters. The maximum Gasteiger partial charge on any atom is 0.101 e. The van der Waals surface area contributed by atoms with Gasteiger partial charge < -0.3 is 5.32 Å². The molecule has 0 spiro atoms. The van der Waals surface area contributed by atoms with Gasteiger partial charge in [0.2, 0.25) is 0 Å². The Balaban J connectivity index is 2.23. The second-order valence-corrected chi connectivity index (χ2v) is 5.59. The van der Waals surface area contributed by atoms with Crippen molar-refractivity contribution in [3.8, 4) is 6.07 Å². The number of anilines is 1. The van der Waals surface area contributed by atoms with E-state index in [1.165, 1.54) is 0 Å². The number of hydrogen-bond acceptors (Lipinski definition) is 2. The number of nitrogens with one attached hydrogen (secondary N) is 1. The molecule has 5 heteroatoms. The van der Waals surface area contributed by atoms with Crippen LogP contribution in [0.5, 0.6) is 0 Å². The van der Waals surface area contributed by atoms with Crippen molar-refractivity contribution in [2.24, 2.45) is 0 Å². The quantitative estimate of drug-likeness (QED) is 0.786. The van der Waals surface area contributed by atoms with Crippen molar-refractivity contribution >= 4 is 40.5 Å². The van der Waals surface area contributed by atoms with Gasteiger partial charge in [-0.05, 0) is 42.8 Å². The highest BCUT2D eigenvalue weighted by molar-refractivity contribution is 6.35. The molecule has 2 aromatic rings. The van der Waals surface area contributed by atoms with Gasteiger partial charge in [-0.15, -0.1) is 0 Å². The zero-order valence-electron chi connectivity index (χ0n) is 10.6. The molecule has 0 fully saturated rings. The predicted molar refractivity (Wildman–Crippen MR) is 84.7 cm³/mol. The third-order valence-electron chi connectivity index (χ3n) is 2.90. The van der Waals surface area contributed by atoms with Crippen LogP contribution in [0.3, 0.4) is 0 Å². The maximum absolute atomic E-state index is 8.97. The summed E-state index contributed by atoms with van der Waals surface area (Å²) in [7, 11) is 0. The summed E-state index contributed by atoms with van der Waals surface area (Å²) >= 11 is 18.0. The van der Waals surface area contributed by atoms with Crippen molar-refractivity contribution in [3.63, 3.8) is 0 Å². The molecule has 20 heavy (non-hydrogen) atoms. The minimum absolute atomic E-state index is 0.0208. The van der Waals surface area contributed by atoms with Gasteiger partial charge in [-0.2, -0.15) is 5.26 Å². The van der Waals surface area contributed by atoms with E-state index in [-0.39, 0.29) is 6.04 Å². The number of hydrogen-bond donors (Lipinski definition) is 1. The second-order valence-electron chi connectivity index (χ2n) is 4.34. The van der Waals surface area contributed by atoms with Gasteiger partial charge in [0, 0.05) is 21.8 Å². The van der Waals surface area contributed by atoms with Crippen LogP contribution in [-0.4, -0.2) is 0 Å². The average molecular weight is 326 g/mol. The van der Waals surface area contributed by atoms with Crippen molar-refractivity contribution < 1.29 is 0 Å². The summed E-state index contributed by atoms with van der Waals surface area (Å²) < 4.78 is 0. The molecule has 0 aliphatic rings. The van der Waals surface area contributed by atoms with E-state index >= 15 is 0 Å². The third-order valence-corrected chi connectivity index (χ3v) is 3.79. The molecule has 2 rings (SSSR count). The number of halogens is 3. The largest absolute Gasteiger partial charge is 0.378 e. The molecule has 0 radical (unpaired) electrons. The van der Waals surface area contributed by atoms with Gasteiger partial charge in [0.1, 0.15) is 6.07 Å². The fourth-order valence-electron chi connectivity index (χ4n) is 1.88. The molecule has 1 atom stereocenters. The lowest BCUT2D eigenvalue weighted by molar-refractivity contribution is 0.885. The second kappa shape index (κ2) is 6.37. The Morgan fingerprint density at radius 3 is 2.45 bits per heavy atom. The first-order chi connectivity index (χ1) is 9.51. The Kier molecular flexibility index (Phi) is 4.77. The Hall–Kier alpha value is -1.40. The van der Waals surface area contributed by atoms with Crippen LogP contribution in [0, 0.1) is 11.3 Å². The Labute approximate surface area is 132 Å². The molecule has 2 nitrogen and oxygen atoms in total. The molecule has 0 aliphatic heterocycles. The molecule has 0 bridgehead atoms. The molecule has 2 aromatic carbocycles. The molecule has 0 saturated carbocycles. The lowest BCUT2D eigenvalue weighted by atomic mass is 10.1. The minimum Gasteiger partial charge on any atom is -0.378 e. The van der Waals surface area contributed by atoms with Gasteiger partial charge in [0.25, 0.3) is 0 Å². The van der Waals surface area contributed by atoms with Crippen LogP contribution in [0.15, 0.2) is 36.4 Å². The van der Waals surface area contributed by atoms with Crippen LogP contribution >= 0.6 is 34.8 Å². The van der Waals surface area contributed by atoms with Crippen molar-refractivity contribution in [3.05, 3.63) is 62.6 Å². The van der Waals surface area contributed by atoms with Gasteiger partial charge in [-0.3, -0.25) is 0 Å². The number of benzene rings is 2. The Morgan fingerprint density at radius 2 is 1.80 bits per heavy atom. The summed E-state index contributed by atoms with van der Waals surface area (Å²) in [4.78, 5) is 0. The number of nitriles is 1. The van der Waals surface area contributed by atoms with Crippen molar-refractivity contribution in [2.45, 2.75) is 13.0 Å². The van der Waals surface area contributed by atoms with Crippen molar-refractivity contribution in [1.29, 1.82) is 5.26 Å². The normalized spacial score (nSPS) is 11.8. The van der Waals surface area contributed by atoms with Gasteiger partial charge in [-0.25, -0.2) is 0 Å². The molecule has 0 heterocycles. The first-order valence-electron chi connectivity index (χ1n) is 5.92. The van der Waals surface area contributed by atoms with Gasteiger partial charge in [0.05, 0.1) is 10.6 Å². The molecular formula is C15H11Cl3N2. The highest BCUT2D eigenvalue weighted by Gasteiger charge is 2.11. The summed E-state index contributed by atoms with van der Waals surface area (Å²) in [5.41, 5.74) is 2.18. The van der Waals surface area contributed by atoms with E-state index in [0.717, 1.165) is 11.3 Å². The SMILES string of the molecule is CC(Nc1ccc(Cl)c(C#N)c1)c1ccc(Cl)cc1Cl. The van der Waals surface area contributed by atoms with E-state index in [4.69, 9.17) is 40.1 Å². The van der Waals surface area contributed by atoms with Crippen LogP contribution in [0.1, 0.15) is 24.1 Å². The highest BCUT2D eigenvalue weighted by Crippen LogP contribution is 2.29. The lowest BCUT2D eigenvalue weighted by Crippen LogP contribution is -2.07. The first kappa shape index (κ1) is 15.0. The van der Waals surface area contributed by atoms with Crippen LogP contribution < -0.4 is 5.32 Å².